The molecule has 0 spiro atoms. The molecular weight excluding hydrogens is 268 g/mol. The average Bonchev–Trinajstić information content (AvgIpc) is 2.80. The second-order valence-electron chi connectivity index (χ2n) is 4.83. The van der Waals surface area contributed by atoms with Gasteiger partial charge in [-0.05, 0) is 26.2 Å². The Labute approximate surface area is 113 Å². The Hall–Kier alpha value is -0.460. The quantitative estimate of drug-likeness (QED) is 0.920. The third-order valence-electron chi connectivity index (χ3n) is 3.33. The summed E-state index contributed by atoms with van der Waals surface area (Å²) in [5.41, 5.74) is 0. The summed E-state index contributed by atoms with van der Waals surface area (Å²) in [6.07, 6.45) is 4.40. The largest absolute Gasteiger partial charge is 0.305 e. The van der Waals surface area contributed by atoms with Crippen LogP contribution in [0, 0.1) is 0 Å². The molecule has 1 aliphatic rings. The highest BCUT2D eigenvalue weighted by Gasteiger charge is 2.25. The zero-order chi connectivity index (χ0) is 13.2. The monoisotopic (exact) mass is 288 g/mol. The summed E-state index contributed by atoms with van der Waals surface area (Å²) in [6, 6.07) is 0.513. The van der Waals surface area contributed by atoms with Crippen LogP contribution < -0.4 is 5.32 Å². The Morgan fingerprint density at radius 1 is 1.50 bits per heavy atom. The third kappa shape index (κ3) is 3.52. The molecule has 6 heteroatoms. The van der Waals surface area contributed by atoms with Crippen LogP contribution in [0.3, 0.4) is 0 Å². The number of sulfone groups is 1. The first-order chi connectivity index (χ1) is 8.50. The van der Waals surface area contributed by atoms with Gasteiger partial charge in [0.1, 0.15) is 14.8 Å². The minimum Gasteiger partial charge on any atom is -0.305 e. The smallest absolute Gasteiger partial charge is 0.150 e. The molecule has 0 aromatic carbocycles. The van der Waals surface area contributed by atoms with Crippen LogP contribution in [0.5, 0.6) is 0 Å². The lowest BCUT2D eigenvalue weighted by Crippen LogP contribution is -2.38. The van der Waals surface area contributed by atoms with E-state index in [2.05, 4.69) is 24.1 Å². The van der Waals surface area contributed by atoms with Gasteiger partial charge in [0.25, 0.3) is 0 Å². The Morgan fingerprint density at radius 2 is 2.17 bits per heavy atom. The lowest BCUT2D eigenvalue weighted by Gasteiger charge is -2.25. The van der Waals surface area contributed by atoms with Crippen LogP contribution in [0.25, 0.3) is 0 Å². The van der Waals surface area contributed by atoms with Gasteiger partial charge < -0.3 is 5.32 Å². The third-order valence-corrected chi connectivity index (χ3v) is 6.37. The van der Waals surface area contributed by atoms with E-state index >= 15 is 0 Å². The van der Waals surface area contributed by atoms with Gasteiger partial charge in [0.05, 0.1) is 17.5 Å². The lowest BCUT2D eigenvalue weighted by atomic mass is 10.1. The van der Waals surface area contributed by atoms with E-state index in [0.29, 0.717) is 17.5 Å². The van der Waals surface area contributed by atoms with Crippen molar-refractivity contribution in [2.24, 2.45) is 0 Å². The highest BCUT2D eigenvalue weighted by molar-refractivity contribution is 7.91. The highest BCUT2D eigenvalue weighted by Crippen LogP contribution is 2.22. The van der Waals surface area contributed by atoms with E-state index in [0.717, 1.165) is 24.3 Å². The molecule has 1 aromatic heterocycles. The van der Waals surface area contributed by atoms with E-state index in [9.17, 15) is 8.42 Å². The number of aryl methyl sites for hydroxylation is 1. The van der Waals surface area contributed by atoms with Gasteiger partial charge in [0.15, 0.2) is 0 Å². The van der Waals surface area contributed by atoms with Gasteiger partial charge in [-0.25, -0.2) is 13.4 Å². The van der Waals surface area contributed by atoms with Crippen LogP contribution in [0.2, 0.25) is 0 Å². The minimum atomic E-state index is -2.77. The van der Waals surface area contributed by atoms with Crippen molar-refractivity contribution in [2.45, 2.75) is 45.2 Å². The first kappa shape index (κ1) is 14.0. The van der Waals surface area contributed by atoms with Gasteiger partial charge in [0.2, 0.25) is 0 Å². The van der Waals surface area contributed by atoms with Crippen molar-refractivity contribution >= 4 is 21.2 Å². The number of rotatable bonds is 4. The number of thiazole rings is 1. The van der Waals surface area contributed by atoms with Gasteiger partial charge >= 0.3 is 0 Å². The molecule has 18 heavy (non-hydrogen) atoms. The fraction of sp³-hybridized carbons (Fsp3) is 0.750. The normalized spacial score (nSPS) is 21.9. The summed E-state index contributed by atoms with van der Waals surface area (Å²) in [5.74, 6) is 0.630. The molecular formula is C12H20N2O2S2. The van der Waals surface area contributed by atoms with E-state index < -0.39 is 9.84 Å². The van der Waals surface area contributed by atoms with Crippen molar-refractivity contribution in [1.82, 2.24) is 10.3 Å². The zero-order valence-corrected chi connectivity index (χ0v) is 12.5. The predicted molar refractivity (Wildman–Crippen MR) is 74.7 cm³/mol. The summed E-state index contributed by atoms with van der Waals surface area (Å²) >= 11 is 1.74. The fourth-order valence-electron chi connectivity index (χ4n) is 2.17. The molecule has 2 heterocycles. The Bertz CT molecular complexity index is 482. The second kappa shape index (κ2) is 5.67. The topological polar surface area (TPSA) is 59.1 Å². The molecule has 1 aromatic rings. The van der Waals surface area contributed by atoms with Crippen molar-refractivity contribution in [3.63, 3.8) is 0 Å². The molecule has 1 aliphatic heterocycles. The van der Waals surface area contributed by atoms with Crippen molar-refractivity contribution in [3.8, 4) is 0 Å². The molecule has 0 aliphatic carbocycles. The van der Waals surface area contributed by atoms with Gasteiger partial charge in [-0.15, -0.1) is 11.3 Å². The number of aromatic nitrogens is 1. The number of nitrogens with zero attached hydrogens (tertiary/aromatic N) is 1. The standard InChI is InChI=1S/C12H20N2O2S2/c1-3-11-8-13-12(17-11)9(2)14-10-4-6-18(15,16)7-5-10/h8-10,14H,3-7H2,1-2H3. The highest BCUT2D eigenvalue weighted by atomic mass is 32.2. The first-order valence-electron chi connectivity index (χ1n) is 6.41. The van der Waals surface area contributed by atoms with Gasteiger partial charge in [0, 0.05) is 17.1 Å². The van der Waals surface area contributed by atoms with E-state index in [1.165, 1.54) is 4.88 Å². The summed E-state index contributed by atoms with van der Waals surface area (Å²) in [5, 5.41) is 4.59. The molecule has 102 valence electrons. The molecule has 0 amide bonds. The fourth-order valence-corrected chi connectivity index (χ4v) is 4.53. The summed E-state index contributed by atoms with van der Waals surface area (Å²) in [4.78, 5) is 5.71. The van der Waals surface area contributed by atoms with Crippen molar-refractivity contribution < 1.29 is 8.42 Å². The summed E-state index contributed by atoms with van der Waals surface area (Å²) in [7, 11) is -2.77. The molecule has 1 saturated heterocycles. The van der Waals surface area contributed by atoms with Crippen LogP contribution in [-0.2, 0) is 16.3 Å². The molecule has 0 radical (unpaired) electrons. The van der Waals surface area contributed by atoms with Crippen LogP contribution >= 0.6 is 11.3 Å². The Morgan fingerprint density at radius 3 is 2.72 bits per heavy atom. The molecule has 1 N–H and O–H groups in total. The van der Waals surface area contributed by atoms with E-state index in [4.69, 9.17) is 0 Å². The molecule has 1 atom stereocenters. The average molecular weight is 288 g/mol. The Kier molecular flexibility index (Phi) is 4.40. The van der Waals surface area contributed by atoms with E-state index in [1.54, 1.807) is 11.3 Å². The maximum Gasteiger partial charge on any atom is 0.150 e. The molecule has 0 bridgehead atoms. The van der Waals surface area contributed by atoms with E-state index in [1.807, 2.05) is 6.20 Å². The van der Waals surface area contributed by atoms with Crippen LogP contribution in [0.15, 0.2) is 6.20 Å². The number of hydrogen-bond donors (Lipinski definition) is 1. The molecule has 1 fully saturated rings. The second-order valence-corrected chi connectivity index (χ2v) is 8.28. The van der Waals surface area contributed by atoms with Crippen molar-refractivity contribution in [3.05, 3.63) is 16.1 Å². The molecule has 0 saturated carbocycles. The van der Waals surface area contributed by atoms with Crippen LogP contribution in [0.1, 0.15) is 42.6 Å². The van der Waals surface area contributed by atoms with Crippen LogP contribution in [0.4, 0.5) is 0 Å². The maximum absolute atomic E-state index is 11.4. The minimum absolute atomic E-state index is 0.209. The zero-order valence-electron chi connectivity index (χ0n) is 10.8. The maximum atomic E-state index is 11.4. The predicted octanol–water partition coefficient (Wildman–Crippen LogP) is 1.93. The summed E-state index contributed by atoms with van der Waals surface area (Å²) in [6.45, 7) is 4.22. The first-order valence-corrected chi connectivity index (χ1v) is 9.05. The molecule has 2 rings (SSSR count). The van der Waals surface area contributed by atoms with E-state index in [-0.39, 0.29) is 6.04 Å². The SMILES string of the molecule is CCc1cnc(C(C)NC2CCS(=O)(=O)CC2)s1. The van der Waals surface area contributed by atoms with Gasteiger partial charge in [-0.3, -0.25) is 0 Å². The van der Waals surface area contributed by atoms with Gasteiger partial charge in [-0.2, -0.15) is 0 Å². The number of hydrogen-bond acceptors (Lipinski definition) is 5. The molecule has 1 unspecified atom stereocenters. The Balaban J connectivity index is 1.90. The lowest BCUT2D eigenvalue weighted by molar-refractivity contribution is 0.419. The molecule has 4 nitrogen and oxygen atoms in total. The van der Waals surface area contributed by atoms with Crippen molar-refractivity contribution in [2.75, 3.05) is 11.5 Å². The number of nitrogens with one attached hydrogen (secondary N) is 1. The summed E-state index contributed by atoms with van der Waals surface area (Å²) < 4.78 is 22.7. The van der Waals surface area contributed by atoms with Crippen LogP contribution in [-0.4, -0.2) is 30.9 Å². The van der Waals surface area contributed by atoms with Crippen molar-refractivity contribution in [1.29, 1.82) is 0 Å². The van der Waals surface area contributed by atoms with Gasteiger partial charge in [-0.1, -0.05) is 6.92 Å².